The molecule has 0 saturated heterocycles. The number of phenols is 1. The number of primary amides is 1. The van der Waals surface area contributed by atoms with E-state index in [4.69, 9.17) is 20.9 Å². The van der Waals surface area contributed by atoms with E-state index in [-0.39, 0.29) is 97.4 Å². The average molecular weight is 1370 g/mol. The minimum Gasteiger partial charge on any atom is -0.508 e. The number of nitrogens with one attached hydrogen (secondary N) is 5. The van der Waals surface area contributed by atoms with Crippen molar-refractivity contribution in [1.82, 2.24) is 36.3 Å². The number of urea groups is 1. The number of anilines is 1. The first-order valence-electron chi connectivity index (χ1n) is 36.1. The SMILES string of the molecule is CC(C)[C@H](NC(=O)[C@H](N)CCCCCC(=O)COC1CCCCCc2nnn(C)c21)C(=O)C[C@@H](CCCNC(N)=O)C(=O)Nc1ccc(COC(=O)N[C@@H](CO)C(=O)Cc2ccc3c(c2)[C@@]2(C)CCC[C@](C)(C(=O)NC(=O)[C@@]4(C)CCC[C@]5(C)c6cc(O)ccc6CC[C@@H]45)[C@@H]2CC3)cc1. The Hall–Kier alpha value is -7.89. The van der Waals surface area contributed by atoms with Crippen LogP contribution >= 0.6 is 0 Å². The molecule has 7 amide bonds. The monoisotopic (exact) mass is 1370 g/mol. The number of alkyl carbamates (subject to hydrolysis) is 1. The lowest BCUT2D eigenvalue weighted by molar-refractivity contribution is -0.150. The first-order valence-corrected chi connectivity index (χ1v) is 36.1. The number of nitrogens with zero attached hydrogens (tertiary/aromatic N) is 3. The number of aromatic hydroxyl groups is 1. The fourth-order valence-electron chi connectivity index (χ4n) is 17.3. The van der Waals surface area contributed by atoms with Crippen molar-refractivity contribution < 1.29 is 62.8 Å². The molecular weight excluding hydrogens is 1260 g/mol. The molecule has 5 aliphatic carbocycles. The number of fused-ring (bicyclic) bond motifs is 7. The molecule has 5 aliphatic rings. The molecule has 23 heteroatoms. The van der Waals surface area contributed by atoms with Crippen LogP contribution < -0.4 is 38.1 Å². The largest absolute Gasteiger partial charge is 0.508 e. The van der Waals surface area contributed by atoms with E-state index in [1.807, 2.05) is 51.2 Å². The van der Waals surface area contributed by atoms with E-state index in [1.165, 1.54) is 5.56 Å². The molecule has 538 valence electrons. The van der Waals surface area contributed by atoms with E-state index in [1.54, 1.807) is 48.9 Å². The standard InChI is InChI=1S/C76H106N10O13/c1-46(2)65(82-68(93)57(77)19-11-8-10-18-54(89)45-98-62-21-13-9-12-20-58-66(62)86(7)85-84-58)61(91)41-51(17-14-38-79-71(78)96)67(92)80-52-29-23-47(24-30-52)44-99-72(97)81-59(43-87)60(90)40-48-22-25-49-27-32-63-73(3,55(49)39-48)34-15-36-75(63,5)69(94)83-70(95)76(6)37-16-35-74(4)56-42-53(88)31-26-50(56)28-33-64(74)76/h22-26,29-31,39,42,46,51,57,59,62-65,87-88H,8-21,27-28,32-38,40-41,43-45,77H2,1-7H3,(H,80,92)(H,81,97)(H,82,93)(H3,78,79,96)(H,83,94,95)/t51-,57-,59+,62?,63-,64-,65+,73-,74-,75+,76+/m1/s1. The number of amides is 7. The molecule has 3 aromatic carbocycles. The number of aryl methyl sites for hydroxylation is 4. The molecule has 9 rings (SSSR count). The van der Waals surface area contributed by atoms with Crippen molar-refractivity contribution >= 4 is 58.8 Å². The molecule has 11 N–H and O–H groups in total. The van der Waals surface area contributed by atoms with Crippen molar-refractivity contribution in [2.45, 2.75) is 237 Å². The Bertz CT molecular complexity index is 3590. The van der Waals surface area contributed by atoms with Gasteiger partial charge in [-0.3, -0.25) is 38.9 Å². The van der Waals surface area contributed by atoms with E-state index < -0.39 is 76.6 Å². The zero-order valence-corrected chi connectivity index (χ0v) is 59.1. The number of carbonyl (C=O) groups excluding carboxylic acids is 9. The lowest BCUT2D eigenvalue weighted by Crippen LogP contribution is -2.60. The summed E-state index contributed by atoms with van der Waals surface area (Å²) in [4.78, 5) is 122. The van der Waals surface area contributed by atoms with Crippen LogP contribution in [-0.2, 0) is 93.2 Å². The molecule has 2 saturated carbocycles. The fourth-order valence-corrected chi connectivity index (χ4v) is 17.3. The molecule has 1 unspecified atom stereocenters. The second-order valence-corrected chi connectivity index (χ2v) is 30.2. The summed E-state index contributed by atoms with van der Waals surface area (Å²) in [6, 6.07) is 14.1. The number of Topliss-reactive ketones (excluding diaryl/α,β-unsaturated/α-hetero) is 3. The van der Waals surface area contributed by atoms with Gasteiger partial charge in [0.2, 0.25) is 23.6 Å². The summed E-state index contributed by atoms with van der Waals surface area (Å²) in [6.07, 6.45) is 14.0. The van der Waals surface area contributed by atoms with Gasteiger partial charge in [-0.05, 0) is 183 Å². The first-order chi connectivity index (χ1) is 47.2. The van der Waals surface area contributed by atoms with Crippen LogP contribution in [0.25, 0.3) is 0 Å². The third-order valence-corrected chi connectivity index (χ3v) is 22.9. The van der Waals surface area contributed by atoms with Crippen molar-refractivity contribution in [3.8, 4) is 5.75 Å². The maximum atomic E-state index is 14.8. The average Bonchev–Trinajstić information content (AvgIpc) is 1.43. The maximum Gasteiger partial charge on any atom is 0.408 e. The van der Waals surface area contributed by atoms with Crippen LogP contribution in [0.4, 0.5) is 15.3 Å². The van der Waals surface area contributed by atoms with Gasteiger partial charge in [-0.15, -0.1) is 5.10 Å². The highest BCUT2D eigenvalue weighted by Gasteiger charge is 2.59. The molecule has 11 atom stereocenters. The topological polar surface area (TPSA) is 355 Å². The number of ether oxygens (including phenoxy) is 2. The van der Waals surface area contributed by atoms with Crippen LogP contribution in [0.5, 0.6) is 5.75 Å². The van der Waals surface area contributed by atoms with Gasteiger partial charge in [0.25, 0.3) is 0 Å². The van der Waals surface area contributed by atoms with Crippen LogP contribution in [0, 0.1) is 34.5 Å². The number of phenolic OH excluding ortho intramolecular Hbond substituents is 1. The molecule has 4 aromatic rings. The van der Waals surface area contributed by atoms with E-state index in [9.17, 15) is 53.4 Å². The number of aliphatic hydroxyl groups excluding tert-OH is 1. The summed E-state index contributed by atoms with van der Waals surface area (Å²) in [5.74, 6) is -3.37. The highest BCUT2D eigenvalue weighted by Crippen LogP contribution is 2.60. The molecule has 0 spiro atoms. The maximum absolute atomic E-state index is 14.8. The number of aromatic nitrogens is 3. The summed E-state index contributed by atoms with van der Waals surface area (Å²) in [6.45, 7) is 11.3. The summed E-state index contributed by atoms with van der Waals surface area (Å²) < 4.78 is 13.3. The molecule has 23 nitrogen and oxygen atoms in total. The zero-order valence-electron chi connectivity index (χ0n) is 59.1. The van der Waals surface area contributed by atoms with Crippen molar-refractivity contribution in [3.05, 3.63) is 105 Å². The van der Waals surface area contributed by atoms with Crippen molar-refractivity contribution in [2.75, 3.05) is 25.1 Å². The molecule has 1 aromatic heterocycles. The van der Waals surface area contributed by atoms with Crippen LogP contribution in [-0.4, -0.2) is 116 Å². The van der Waals surface area contributed by atoms with Gasteiger partial charge in [-0.1, -0.05) is 122 Å². The number of imide groups is 1. The number of nitrogens with two attached hydrogens (primary N) is 2. The minimum absolute atomic E-state index is 0.00203. The number of aliphatic hydroxyl groups is 1. The Morgan fingerprint density at radius 3 is 2.00 bits per heavy atom. The Kier molecular flexibility index (Phi) is 25.2. The van der Waals surface area contributed by atoms with E-state index in [0.717, 1.165) is 112 Å². The normalized spacial score (nSPS) is 24.4. The lowest BCUT2D eigenvalue weighted by atomic mass is 9.49. The van der Waals surface area contributed by atoms with E-state index in [0.29, 0.717) is 68.2 Å². The molecule has 0 aliphatic heterocycles. The van der Waals surface area contributed by atoms with Crippen LogP contribution in [0.1, 0.15) is 221 Å². The number of hydrogen-bond acceptors (Lipinski definition) is 16. The molecule has 99 heavy (non-hydrogen) atoms. The Labute approximate surface area is 582 Å². The van der Waals surface area contributed by atoms with Crippen LogP contribution in [0.2, 0.25) is 0 Å². The molecule has 0 radical (unpaired) electrons. The Balaban J connectivity index is 0.727. The summed E-state index contributed by atoms with van der Waals surface area (Å²) in [5, 5.41) is 43.1. The highest BCUT2D eigenvalue weighted by atomic mass is 16.5. The van der Waals surface area contributed by atoms with Crippen molar-refractivity contribution in [3.63, 3.8) is 0 Å². The number of unbranched alkanes of at least 4 members (excludes halogenated alkanes) is 2. The van der Waals surface area contributed by atoms with Gasteiger partial charge < -0.3 is 52.4 Å². The third-order valence-electron chi connectivity index (χ3n) is 22.9. The minimum atomic E-state index is -1.28. The van der Waals surface area contributed by atoms with Gasteiger partial charge in [-0.2, -0.15) is 0 Å². The number of ketones is 3. The van der Waals surface area contributed by atoms with Gasteiger partial charge in [0.15, 0.2) is 17.3 Å². The Morgan fingerprint density at radius 2 is 1.35 bits per heavy atom. The quantitative estimate of drug-likeness (QED) is 0.0173. The number of benzene rings is 3. The van der Waals surface area contributed by atoms with Crippen LogP contribution in [0.15, 0.2) is 60.7 Å². The van der Waals surface area contributed by atoms with Crippen LogP contribution in [0.3, 0.4) is 0 Å². The predicted molar refractivity (Wildman–Crippen MR) is 373 cm³/mol. The Morgan fingerprint density at radius 1 is 0.707 bits per heavy atom. The third kappa shape index (κ3) is 17.8. The zero-order chi connectivity index (χ0) is 71.4. The number of rotatable bonds is 30. The van der Waals surface area contributed by atoms with Gasteiger partial charge >= 0.3 is 12.1 Å². The smallest absolute Gasteiger partial charge is 0.408 e. The van der Waals surface area contributed by atoms with Gasteiger partial charge in [0.05, 0.1) is 40.9 Å². The van der Waals surface area contributed by atoms with Crippen molar-refractivity contribution in [1.29, 1.82) is 0 Å². The van der Waals surface area contributed by atoms with Gasteiger partial charge in [0, 0.05) is 44.5 Å². The first kappa shape index (κ1) is 75.3. The van der Waals surface area contributed by atoms with Crippen molar-refractivity contribution in [2.24, 2.45) is 53.0 Å². The van der Waals surface area contributed by atoms with E-state index in [2.05, 4.69) is 50.7 Å². The fraction of sp³-hybridized carbons (Fsp3) is 0.618. The molecule has 0 bridgehead atoms. The predicted octanol–water partition coefficient (Wildman–Crippen LogP) is 9.11. The van der Waals surface area contributed by atoms with E-state index >= 15 is 0 Å². The summed E-state index contributed by atoms with van der Waals surface area (Å²) in [7, 11) is 1.84. The second-order valence-electron chi connectivity index (χ2n) is 30.2. The summed E-state index contributed by atoms with van der Waals surface area (Å²) in [5.41, 5.74) is 17.2. The lowest BCUT2D eigenvalue weighted by Gasteiger charge is -2.56. The second kappa shape index (κ2) is 33.1. The summed E-state index contributed by atoms with van der Waals surface area (Å²) >= 11 is 0. The molecule has 2 fully saturated rings. The molecule has 1 heterocycles. The number of hydrogen-bond donors (Lipinski definition) is 9. The van der Waals surface area contributed by atoms with Gasteiger partial charge in [-0.25, -0.2) is 14.3 Å². The highest BCUT2D eigenvalue weighted by molar-refractivity contribution is 6.01. The molecular formula is C76H106N10O13. The van der Waals surface area contributed by atoms with Gasteiger partial charge in [0.1, 0.15) is 31.1 Å². The number of carbonyl (C=O) groups is 9.